The van der Waals surface area contributed by atoms with Crippen LogP contribution in [-0.4, -0.2) is 9.13 Å². The molecule has 0 bridgehead atoms. The maximum absolute atomic E-state index is 2.53. The van der Waals surface area contributed by atoms with Crippen molar-refractivity contribution in [3.8, 4) is 44.8 Å². The van der Waals surface area contributed by atoms with Gasteiger partial charge in [0, 0.05) is 27.2 Å². The summed E-state index contributed by atoms with van der Waals surface area (Å²) in [6, 6.07) is 89.7. The minimum atomic E-state index is -0.549. The van der Waals surface area contributed by atoms with E-state index in [1.807, 2.05) is 0 Å². The topological polar surface area (TPSA) is 9.86 Å². The van der Waals surface area contributed by atoms with Gasteiger partial charge in [0.15, 0.2) is 0 Å². The average molecular weight is 801 g/mol. The Labute approximate surface area is 366 Å². The molecule has 0 N–H and O–H groups in total. The molecule has 0 aliphatic heterocycles. The molecule has 0 radical (unpaired) electrons. The second-order valence-electron chi connectivity index (χ2n) is 16.8. The Bertz CT molecular complexity index is 3680. The summed E-state index contributed by atoms with van der Waals surface area (Å²) in [5.41, 5.74) is 19.1. The lowest BCUT2D eigenvalue weighted by molar-refractivity contribution is 0.761. The second kappa shape index (κ2) is 13.9. The number of rotatable bonds is 6. The first-order valence-corrected chi connectivity index (χ1v) is 21.8. The van der Waals surface area contributed by atoms with Crippen molar-refractivity contribution in [1.29, 1.82) is 0 Å². The first-order valence-electron chi connectivity index (χ1n) is 21.8. The van der Waals surface area contributed by atoms with Crippen LogP contribution in [0.15, 0.2) is 243 Å². The third kappa shape index (κ3) is 5.19. The van der Waals surface area contributed by atoms with E-state index in [4.69, 9.17) is 0 Å². The van der Waals surface area contributed by atoms with Crippen LogP contribution in [0.3, 0.4) is 0 Å². The molecule has 2 aromatic heterocycles. The predicted molar refractivity (Wildman–Crippen MR) is 263 cm³/mol. The third-order valence-electron chi connectivity index (χ3n) is 13.6. The quantitative estimate of drug-likeness (QED) is 0.159. The van der Waals surface area contributed by atoms with Crippen molar-refractivity contribution >= 4 is 43.6 Å². The molecular weight excluding hydrogens is 761 g/mol. The molecule has 0 amide bonds. The van der Waals surface area contributed by atoms with Crippen molar-refractivity contribution in [1.82, 2.24) is 9.13 Å². The van der Waals surface area contributed by atoms with Crippen molar-refractivity contribution < 1.29 is 0 Å². The van der Waals surface area contributed by atoms with Gasteiger partial charge in [0.05, 0.1) is 33.2 Å². The Hall–Kier alpha value is -8.20. The molecule has 13 rings (SSSR count). The molecule has 0 saturated carbocycles. The minimum absolute atomic E-state index is 0.549. The van der Waals surface area contributed by atoms with E-state index >= 15 is 0 Å². The molecule has 1 aliphatic carbocycles. The zero-order chi connectivity index (χ0) is 41.5. The highest BCUT2D eigenvalue weighted by atomic mass is 15.0. The summed E-state index contributed by atoms with van der Waals surface area (Å²) in [5, 5.41) is 4.95. The van der Waals surface area contributed by atoms with Gasteiger partial charge in [-0.3, -0.25) is 0 Å². The van der Waals surface area contributed by atoms with Crippen LogP contribution in [-0.2, 0) is 5.41 Å². The molecule has 294 valence electrons. The molecule has 1 aliphatic rings. The normalized spacial score (nSPS) is 12.9. The van der Waals surface area contributed by atoms with Crippen LogP contribution in [0.4, 0.5) is 0 Å². The monoisotopic (exact) mass is 800 g/mol. The number of hydrogen-bond acceptors (Lipinski definition) is 0. The largest absolute Gasteiger partial charge is 0.309 e. The van der Waals surface area contributed by atoms with E-state index in [0.717, 1.165) is 0 Å². The highest BCUT2D eigenvalue weighted by Crippen LogP contribution is 2.57. The van der Waals surface area contributed by atoms with Gasteiger partial charge in [-0.1, -0.05) is 182 Å². The number of nitrogens with zero attached hydrogens (tertiary/aromatic N) is 2. The number of benzene rings is 10. The summed E-state index contributed by atoms with van der Waals surface area (Å²) in [6.45, 7) is 0. The number of aromatic nitrogens is 2. The molecule has 2 nitrogen and oxygen atoms in total. The van der Waals surface area contributed by atoms with Gasteiger partial charge in [0.25, 0.3) is 0 Å². The van der Waals surface area contributed by atoms with Gasteiger partial charge in [-0.2, -0.15) is 0 Å². The summed E-state index contributed by atoms with van der Waals surface area (Å²) in [5.74, 6) is 0. The zero-order valence-corrected chi connectivity index (χ0v) is 34.5. The van der Waals surface area contributed by atoms with Gasteiger partial charge >= 0.3 is 0 Å². The average Bonchev–Trinajstić information content (AvgIpc) is 3.98. The molecule has 10 aromatic carbocycles. The highest BCUT2D eigenvalue weighted by Gasteiger charge is 2.47. The molecule has 0 spiro atoms. The van der Waals surface area contributed by atoms with E-state index in [1.54, 1.807) is 0 Å². The minimum Gasteiger partial charge on any atom is -0.309 e. The number of para-hydroxylation sites is 3. The second-order valence-corrected chi connectivity index (χ2v) is 16.8. The number of fused-ring (bicyclic) bond motifs is 9. The SMILES string of the molecule is c1ccc(-c2ccc3c(c2)c2cc(-c4ccc5c(c4)c4ccccc4n5-c4ccccc4)ccc2n3-c2ccccc2C2(c3ccccc3)c3ccccc3-c3ccccc32)cc1. The van der Waals surface area contributed by atoms with Crippen LogP contribution >= 0.6 is 0 Å². The van der Waals surface area contributed by atoms with Crippen LogP contribution in [0, 0.1) is 0 Å². The van der Waals surface area contributed by atoms with Crippen LogP contribution < -0.4 is 0 Å². The summed E-state index contributed by atoms with van der Waals surface area (Å²) in [7, 11) is 0. The van der Waals surface area contributed by atoms with Gasteiger partial charge in [-0.05, 0) is 116 Å². The smallest absolute Gasteiger partial charge is 0.0733 e. The molecular formula is C61H40N2. The summed E-state index contributed by atoms with van der Waals surface area (Å²) in [4.78, 5) is 0. The Morgan fingerprint density at radius 2 is 0.698 bits per heavy atom. The Kier molecular flexibility index (Phi) is 7.85. The van der Waals surface area contributed by atoms with Crippen LogP contribution in [0.25, 0.3) is 88.4 Å². The van der Waals surface area contributed by atoms with Crippen molar-refractivity contribution in [3.63, 3.8) is 0 Å². The van der Waals surface area contributed by atoms with E-state index in [-0.39, 0.29) is 0 Å². The van der Waals surface area contributed by atoms with E-state index < -0.39 is 5.41 Å². The van der Waals surface area contributed by atoms with Crippen molar-refractivity contribution in [2.75, 3.05) is 0 Å². The molecule has 63 heavy (non-hydrogen) atoms. The summed E-state index contributed by atoms with van der Waals surface area (Å²) in [6.07, 6.45) is 0. The van der Waals surface area contributed by atoms with Gasteiger partial charge in [0.1, 0.15) is 0 Å². The van der Waals surface area contributed by atoms with Gasteiger partial charge < -0.3 is 9.13 Å². The Balaban J connectivity index is 1.08. The molecule has 12 aromatic rings. The summed E-state index contributed by atoms with van der Waals surface area (Å²) < 4.78 is 4.92. The Morgan fingerprint density at radius 1 is 0.270 bits per heavy atom. The highest BCUT2D eigenvalue weighted by molar-refractivity contribution is 6.13. The maximum atomic E-state index is 2.53. The fraction of sp³-hybridized carbons (Fsp3) is 0.0164. The van der Waals surface area contributed by atoms with Crippen LogP contribution in [0.5, 0.6) is 0 Å². The lowest BCUT2D eigenvalue weighted by Gasteiger charge is -2.35. The number of hydrogen-bond donors (Lipinski definition) is 0. The van der Waals surface area contributed by atoms with Crippen molar-refractivity contribution in [3.05, 3.63) is 265 Å². The van der Waals surface area contributed by atoms with Crippen molar-refractivity contribution in [2.45, 2.75) is 5.41 Å². The molecule has 0 saturated heterocycles. The molecule has 0 atom stereocenters. The summed E-state index contributed by atoms with van der Waals surface area (Å²) >= 11 is 0. The van der Waals surface area contributed by atoms with Crippen LogP contribution in [0.2, 0.25) is 0 Å². The third-order valence-corrected chi connectivity index (χ3v) is 13.6. The predicted octanol–water partition coefficient (Wildman–Crippen LogP) is 15.6. The van der Waals surface area contributed by atoms with Crippen molar-refractivity contribution in [2.24, 2.45) is 0 Å². The van der Waals surface area contributed by atoms with Gasteiger partial charge in [-0.15, -0.1) is 0 Å². The Morgan fingerprint density at radius 3 is 1.32 bits per heavy atom. The van der Waals surface area contributed by atoms with E-state index in [2.05, 4.69) is 252 Å². The van der Waals surface area contributed by atoms with Gasteiger partial charge in [0.2, 0.25) is 0 Å². The first-order chi connectivity index (χ1) is 31.3. The fourth-order valence-electron chi connectivity index (χ4n) is 10.9. The van der Waals surface area contributed by atoms with E-state index in [9.17, 15) is 0 Å². The standard InChI is InChI=1S/C61H40N2/c1-4-18-41(19-5-1)42-32-36-58-51(38-42)52-40-44(43-33-35-57-50(39-43)49-26-12-16-30-56(49)62(57)46-22-8-3-9-23-46)34-37-59(52)63(58)60-31-17-15-29-55(60)61(45-20-6-2-7-21-45)53-27-13-10-24-47(53)48-25-11-14-28-54(48)61/h1-40H. The first kappa shape index (κ1) is 35.5. The molecule has 2 heterocycles. The fourth-order valence-corrected chi connectivity index (χ4v) is 10.9. The molecule has 0 fully saturated rings. The molecule has 2 heteroatoms. The maximum Gasteiger partial charge on any atom is 0.0733 e. The lowest BCUT2D eigenvalue weighted by Crippen LogP contribution is -2.30. The van der Waals surface area contributed by atoms with Gasteiger partial charge in [-0.25, -0.2) is 0 Å². The zero-order valence-electron chi connectivity index (χ0n) is 34.5. The lowest BCUT2D eigenvalue weighted by atomic mass is 9.67. The van der Waals surface area contributed by atoms with E-state index in [0.29, 0.717) is 0 Å². The van der Waals surface area contributed by atoms with E-state index in [1.165, 1.54) is 111 Å². The van der Waals surface area contributed by atoms with Crippen LogP contribution in [0.1, 0.15) is 22.3 Å². The molecule has 0 unspecified atom stereocenters.